The van der Waals surface area contributed by atoms with Gasteiger partial charge in [0.15, 0.2) is 0 Å². The van der Waals surface area contributed by atoms with Crippen LogP contribution in [0.4, 0.5) is 0 Å². The van der Waals surface area contributed by atoms with Crippen molar-refractivity contribution in [3.05, 3.63) is 64.6 Å². The van der Waals surface area contributed by atoms with Crippen molar-refractivity contribution in [3.8, 4) is 11.1 Å². The molecule has 0 unspecified atom stereocenters. The molecule has 1 fully saturated rings. The summed E-state index contributed by atoms with van der Waals surface area (Å²) < 4.78 is 0. The Morgan fingerprint density at radius 3 is 2.59 bits per heavy atom. The summed E-state index contributed by atoms with van der Waals surface area (Å²) in [5.41, 5.74) is 3.33. The van der Waals surface area contributed by atoms with E-state index in [0.717, 1.165) is 5.56 Å². The average molecular weight is 409 g/mol. The van der Waals surface area contributed by atoms with Crippen molar-refractivity contribution in [2.24, 2.45) is 5.41 Å². The SMILES string of the molecule is CN(C)C(=O)[C@@]1(Cc2ccc(-c3ccsc3)cc2)CCN(C(=O)c2ccn[nH]2)C1. The van der Waals surface area contributed by atoms with Gasteiger partial charge in [-0.1, -0.05) is 24.3 Å². The minimum atomic E-state index is -0.608. The number of thiophene rings is 1. The third-order valence-corrected chi connectivity index (χ3v) is 6.27. The third kappa shape index (κ3) is 3.82. The number of carbonyl (C=O) groups is 2. The van der Waals surface area contributed by atoms with Crippen molar-refractivity contribution >= 4 is 23.2 Å². The molecule has 4 rings (SSSR count). The van der Waals surface area contributed by atoms with E-state index in [1.165, 1.54) is 11.1 Å². The van der Waals surface area contributed by atoms with Crippen LogP contribution < -0.4 is 0 Å². The molecule has 0 aliphatic carbocycles. The number of hydrogen-bond donors (Lipinski definition) is 1. The number of rotatable bonds is 5. The van der Waals surface area contributed by atoms with Gasteiger partial charge in [-0.25, -0.2) is 0 Å². The first-order valence-corrected chi connectivity index (χ1v) is 10.5. The highest BCUT2D eigenvalue weighted by molar-refractivity contribution is 7.08. The Morgan fingerprint density at radius 2 is 1.97 bits per heavy atom. The number of benzene rings is 1. The van der Waals surface area contributed by atoms with Crippen LogP contribution in [-0.4, -0.2) is 59.0 Å². The van der Waals surface area contributed by atoms with Crippen LogP contribution in [0.3, 0.4) is 0 Å². The highest BCUT2D eigenvalue weighted by Crippen LogP contribution is 2.37. The van der Waals surface area contributed by atoms with E-state index in [-0.39, 0.29) is 11.8 Å². The Kier molecular flexibility index (Phi) is 5.24. The number of nitrogens with one attached hydrogen (secondary N) is 1. The van der Waals surface area contributed by atoms with Crippen LogP contribution >= 0.6 is 11.3 Å². The predicted molar refractivity (Wildman–Crippen MR) is 114 cm³/mol. The van der Waals surface area contributed by atoms with Crippen molar-refractivity contribution in [1.82, 2.24) is 20.0 Å². The second kappa shape index (κ2) is 7.83. The molecule has 29 heavy (non-hydrogen) atoms. The van der Waals surface area contributed by atoms with Gasteiger partial charge in [-0.3, -0.25) is 14.7 Å². The highest BCUT2D eigenvalue weighted by atomic mass is 32.1. The number of hydrogen-bond acceptors (Lipinski definition) is 4. The maximum Gasteiger partial charge on any atom is 0.271 e. The molecular weight excluding hydrogens is 384 g/mol. The van der Waals surface area contributed by atoms with Crippen LogP contribution in [0.1, 0.15) is 22.5 Å². The zero-order valence-corrected chi connectivity index (χ0v) is 17.4. The molecule has 6 nitrogen and oxygen atoms in total. The minimum absolute atomic E-state index is 0.0688. The van der Waals surface area contributed by atoms with Gasteiger partial charge in [-0.15, -0.1) is 0 Å². The topological polar surface area (TPSA) is 69.3 Å². The Labute approximate surface area is 174 Å². The lowest BCUT2D eigenvalue weighted by molar-refractivity contribution is -0.138. The molecule has 0 bridgehead atoms. The summed E-state index contributed by atoms with van der Waals surface area (Å²) in [5, 5.41) is 10.8. The molecule has 7 heteroatoms. The molecule has 3 aromatic rings. The molecule has 1 aliphatic heterocycles. The van der Waals surface area contributed by atoms with Gasteiger partial charge in [-0.2, -0.15) is 16.4 Å². The van der Waals surface area contributed by atoms with Crippen LogP contribution in [0.5, 0.6) is 0 Å². The van der Waals surface area contributed by atoms with Crippen LogP contribution in [0, 0.1) is 5.41 Å². The zero-order valence-electron chi connectivity index (χ0n) is 16.6. The smallest absolute Gasteiger partial charge is 0.271 e. The number of aromatic nitrogens is 2. The number of aromatic amines is 1. The van der Waals surface area contributed by atoms with Gasteiger partial charge in [0.1, 0.15) is 5.69 Å². The fraction of sp³-hybridized carbons (Fsp3) is 0.318. The molecule has 1 N–H and O–H groups in total. The molecule has 3 heterocycles. The van der Waals surface area contributed by atoms with E-state index in [2.05, 4.69) is 51.3 Å². The third-order valence-electron chi connectivity index (χ3n) is 5.58. The monoisotopic (exact) mass is 408 g/mol. The average Bonchev–Trinajstić information content (AvgIpc) is 3.49. The van der Waals surface area contributed by atoms with Crippen molar-refractivity contribution in [2.75, 3.05) is 27.2 Å². The van der Waals surface area contributed by atoms with Gasteiger partial charge >= 0.3 is 0 Å². The normalized spacial score (nSPS) is 18.8. The molecule has 150 valence electrons. The Balaban J connectivity index is 1.56. The lowest BCUT2D eigenvalue weighted by Gasteiger charge is -2.31. The first kappa shape index (κ1) is 19.4. The number of H-pyrrole nitrogens is 1. The number of carbonyl (C=O) groups excluding carboxylic acids is 2. The first-order valence-electron chi connectivity index (χ1n) is 9.60. The fourth-order valence-electron chi connectivity index (χ4n) is 4.09. The van der Waals surface area contributed by atoms with Gasteiger partial charge in [0.05, 0.1) is 5.41 Å². The quantitative estimate of drug-likeness (QED) is 0.704. The predicted octanol–water partition coefficient (Wildman–Crippen LogP) is 3.30. The van der Waals surface area contributed by atoms with E-state index < -0.39 is 5.41 Å². The second-order valence-corrected chi connectivity index (χ2v) is 8.59. The molecular formula is C22H24N4O2S. The molecule has 0 spiro atoms. The van der Waals surface area contributed by atoms with E-state index in [4.69, 9.17) is 0 Å². The zero-order chi connectivity index (χ0) is 20.4. The Bertz CT molecular complexity index is 981. The summed E-state index contributed by atoms with van der Waals surface area (Å²) in [7, 11) is 3.56. The summed E-state index contributed by atoms with van der Waals surface area (Å²) in [4.78, 5) is 29.3. The summed E-state index contributed by atoms with van der Waals surface area (Å²) >= 11 is 1.68. The fourth-order valence-corrected chi connectivity index (χ4v) is 4.76. The standard InChI is InChI=1S/C22H24N4O2S/c1-25(2)21(28)22(9-11-26(15-22)20(27)19-7-10-23-24-19)13-16-3-5-17(6-4-16)18-8-12-29-14-18/h3-8,10,12,14H,9,11,13,15H2,1-2H3,(H,23,24)/t22-/m1/s1. The van der Waals surface area contributed by atoms with Crippen molar-refractivity contribution in [2.45, 2.75) is 12.8 Å². The maximum atomic E-state index is 13.1. The second-order valence-electron chi connectivity index (χ2n) is 7.81. The van der Waals surface area contributed by atoms with Gasteiger partial charge in [-0.05, 0) is 52.4 Å². The van der Waals surface area contributed by atoms with Crippen molar-refractivity contribution in [3.63, 3.8) is 0 Å². The Hall–Kier alpha value is -2.93. The van der Waals surface area contributed by atoms with Gasteiger partial charge < -0.3 is 9.80 Å². The van der Waals surface area contributed by atoms with E-state index in [0.29, 0.717) is 31.6 Å². The summed E-state index contributed by atoms with van der Waals surface area (Å²) in [6.07, 6.45) is 2.83. The van der Waals surface area contributed by atoms with Gasteiger partial charge in [0.25, 0.3) is 5.91 Å². The summed E-state index contributed by atoms with van der Waals surface area (Å²) in [6.45, 7) is 0.971. The number of nitrogens with zero attached hydrogens (tertiary/aromatic N) is 3. The van der Waals surface area contributed by atoms with Crippen molar-refractivity contribution in [1.29, 1.82) is 0 Å². The maximum absolute atomic E-state index is 13.1. The van der Waals surface area contributed by atoms with Crippen LogP contribution in [0.15, 0.2) is 53.4 Å². The number of likely N-dealkylation sites (tertiary alicyclic amines) is 1. The molecule has 1 aliphatic rings. The van der Waals surface area contributed by atoms with E-state index in [1.807, 2.05) is 0 Å². The van der Waals surface area contributed by atoms with Crippen LogP contribution in [0.2, 0.25) is 0 Å². The van der Waals surface area contributed by atoms with Crippen LogP contribution in [-0.2, 0) is 11.2 Å². The highest BCUT2D eigenvalue weighted by Gasteiger charge is 2.47. The molecule has 1 aromatic carbocycles. The molecule has 2 aromatic heterocycles. The van der Waals surface area contributed by atoms with Crippen LogP contribution in [0.25, 0.3) is 11.1 Å². The number of amides is 2. The summed E-state index contributed by atoms with van der Waals surface area (Å²) in [5.74, 6) is -0.0388. The van der Waals surface area contributed by atoms with Gasteiger partial charge in [0, 0.05) is 33.4 Å². The largest absolute Gasteiger partial charge is 0.348 e. The van der Waals surface area contributed by atoms with E-state index in [9.17, 15) is 9.59 Å². The molecule has 0 radical (unpaired) electrons. The van der Waals surface area contributed by atoms with Crippen molar-refractivity contribution < 1.29 is 9.59 Å². The minimum Gasteiger partial charge on any atom is -0.348 e. The van der Waals surface area contributed by atoms with E-state index >= 15 is 0 Å². The molecule has 0 saturated carbocycles. The Morgan fingerprint density at radius 1 is 1.17 bits per heavy atom. The summed E-state index contributed by atoms with van der Waals surface area (Å²) in [6, 6.07) is 12.2. The molecule has 2 amide bonds. The molecule has 1 atom stereocenters. The molecule has 1 saturated heterocycles. The van der Waals surface area contributed by atoms with E-state index in [1.54, 1.807) is 47.5 Å². The van der Waals surface area contributed by atoms with Gasteiger partial charge in [0.2, 0.25) is 5.91 Å². The lowest BCUT2D eigenvalue weighted by atomic mass is 9.79. The first-order chi connectivity index (χ1) is 14.0. The lowest BCUT2D eigenvalue weighted by Crippen LogP contribution is -2.44.